The molecule has 0 aliphatic heterocycles. The molecule has 4 aromatic carbocycles. The number of hydrogen-bond donors (Lipinski definition) is 0. The highest BCUT2D eigenvalue weighted by atomic mass is 16.6. The molecule has 146 valence electrons. The van der Waals surface area contributed by atoms with E-state index in [1.807, 2.05) is 91.0 Å². The van der Waals surface area contributed by atoms with Crippen LogP contribution >= 0.6 is 0 Å². The molecule has 0 saturated heterocycles. The summed E-state index contributed by atoms with van der Waals surface area (Å²) in [5.41, 5.74) is 1.23. The molecule has 4 rings (SSSR count). The van der Waals surface area contributed by atoms with Gasteiger partial charge < -0.3 is 4.74 Å². The van der Waals surface area contributed by atoms with E-state index in [9.17, 15) is 9.59 Å². The fraction of sp³-hybridized carbons (Fsp3) is 0.0370. The summed E-state index contributed by atoms with van der Waals surface area (Å²) in [4.78, 5) is 26.6. The van der Waals surface area contributed by atoms with Crippen LogP contribution in [0.3, 0.4) is 0 Å². The first-order valence-corrected chi connectivity index (χ1v) is 9.71. The molecule has 0 bridgehead atoms. The van der Waals surface area contributed by atoms with E-state index in [4.69, 9.17) is 4.74 Å². The molecule has 3 heteroatoms. The molecule has 0 N–H and O–H groups in total. The van der Waals surface area contributed by atoms with Crippen molar-refractivity contribution in [3.8, 4) is 0 Å². The van der Waals surface area contributed by atoms with Gasteiger partial charge in [0, 0.05) is 0 Å². The van der Waals surface area contributed by atoms with Crippen molar-refractivity contribution in [2.75, 3.05) is 0 Å². The molecule has 0 aromatic heterocycles. The second-order valence-electron chi connectivity index (χ2n) is 6.89. The summed E-state index contributed by atoms with van der Waals surface area (Å²) in [5, 5.41) is 0. The molecule has 0 aliphatic carbocycles. The van der Waals surface area contributed by atoms with Crippen LogP contribution in [0.15, 0.2) is 121 Å². The minimum Gasteiger partial charge on any atom is -0.388 e. The molecule has 3 nitrogen and oxygen atoms in total. The summed E-state index contributed by atoms with van der Waals surface area (Å²) in [6, 6.07) is 36.8. The van der Waals surface area contributed by atoms with Gasteiger partial charge in [-0.2, -0.15) is 0 Å². The normalized spacial score (nSPS) is 10.9. The fourth-order valence-electron chi connectivity index (χ4n) is 3.71. The van der Waals surface area contributed by atoms with Gasteiger partial charge in [0.1, 0.15) is 5.41 Å². The topological polar surface area (TPSA) is 43.4 Å². The molecule has 4 aromatic rings. The number of esters is 2. The maximum absolute atomic E-state index is 13.8. The number of hydrogen-bond acceptors (Lipinski definition) is 3. The van der Waals surface area contributed by atoms with Crippen molar-refractivity contribution < 1.29 is 14.3 Å². The molecule has 0 amide bonds. The second kappa shape index (κ2) is 8.58. The monoisotopic (exact) mass is 392 g/mol. The highest BCUT2D eigenvalue weighted by Gasteiger charge is 2.46. The number of carbonyl (C=O) groups is 2. The van der Waals surface area contributed by atoms with Crippen LogP contribution < -0.4 is 0 Å². The minimum atomic E-state index is -1.28. The van der Waals surface area contributed by atoms with E-state index in [0.717, 1.165) is 16.7 Å². The molecule has 0 unspecified atom stereocenters. The van der Waals surface area contributed by atoms with E-state index < -0.39 is 17.4 Å². The first-order valence-electron chi connectivity index (χ1n) is 9.71. The Hall–Kier alpha value is -3.98. The van der Waals surface area contributed by atoms with Crippen molar-refractivity contribution in [3.05, 3.63) is 144 Å². The SMILES string of the molecule is O=C(OC(=O)C(c1ccccc1)(c1ccccc1)c1ccccc1)c1ccccc1. The lowest BCUT2D eigenvalue weighted by Gasteiger charge is -2.33. The van der Waals surface area contributed by atoms with Crippen molar-refractivity contribution in [2.24, 2.45) is 0 Å². The number of benzene rings is 4. The van der Waals surface area contributed by atoms with Crippen LogP contribution in [-0.2, 0) is 14.9 Å². The average Bonchev–Trinajstić information content (AvgIpc) is 2.82. The third kappa shape index (κ3) is 3.53. The van der Waals surface area contributed by atoms with Crippen LogP contribution in [0.1, 0.15) is 27.0 Å². The van der Waals surface area contributed by atoms with Gasteiger partial charge >= 0.3 is 11.9 Å². The summed E-state index contributed by atoms with van der Waals surface area (Å²) < 4.78 is 5.49. The standard InChI is InChI=1S/C27H20O3/c28-25(21-13-5-1-6-14-21)30-26(29)27(22-15-7-2-8-16-22,23-17-9-3-10-18-23)24-19-11-4-12-20-24/h1-20H. The zero-order valence-corrected chi connectivity index (χ0v) is 16.3. The first kappa shape index (κ1) is 19.3. The lowest BCUT2D eigenvalue weighted by Crippen LogP contribution is -2.41. The summed E-state index contributed by atoms with van der Waals surface area (Å²) >= 11 is 0. The van der Waals surface area contributed by atoms with Crippen molar-refractivity contribution in [1.29, 1.82) is 0 Å². The smallest absolute Gasteiger partial charge is 0.345 e. The Morgan fingerprint density at radius 2 is 0.833 bits per heavy atom. The van der Waals surface area contributed by atoms with Crippen LogP contribution in [0.4, 0.5) is 0 Å². The molecule has 0 fully saturated rings. The van der Waals surface area contributed by atoms with Gasteiger partial charge in [-0.05, 0) is 28.8 Å². The molecule has 0 saturated carbocycles. The van der Waals surface area contributed by atoms with E-state index in [2.05, 4.69) is 0 Å². The summed E-state index contributed by atoms with van der Waals surface area (Å²) in [6.07, 6.45) is 0. The van der Waals surface area contributed by atoms with Crippen LogP contribution in [0.25, 0.3) is 0 Å². The van der Waals surface area contributed by atoms with Gasteiger partial charge in [-0.15, -0.1) is 0 Å². The fourth-order valence-corrected chi connectivity index (χ4v) is 3.71. The molecule has 0 atom stereocenters. The molecule has 0 heterocycles. The maximum Gasteiger partial charge on any atom is 0.345 e. The lowest BCUT2D eigenvalue weighted by atomic mass is 9.69. The molecular formula is C27H20O3. The number of rotatable bonds is 5. The molecule has 0 radical (unpaired) electrons. The zero-order valence-electron chi connectivity index (χ0n) is 16.3. The van der Waals surface area contributed by atoms with E-state index in [0.29, 0.717) is 5.56 Å². The Morgan fingerprint density at radius 1 is 0.500 bits per heavy atom. The quantitative estimate of drug-likeness (QED) is 0.259. The third-order valence-corrected chi connectivity index (χ3v) is 5.12. The van der Waals surface area contributed by atoms with Gasteiger partial charge in [0.15, 0.2) is 0 Å². The average molecular weight is 392 g/mol. The Labute approximate surface area is 175 Å². The van der Waals surface area contributed by atoms with Crippen molar-refractivity contribution >= 4 is 11.9 Å². The Morgan fingerprint density at radius 3 is 1.20 bits per heavy atom. The Bertz CT molecular complexity index is 1030. The first-order chi connectivity index (χ1) is 14.7. The Kier molecular flexibility index (Phi) is 5.53. The van der Waals surface area contributed by atoms with Crippen molar-refractivity contribution in [2.45, 2.75) is 5.41 Å². The second-order valence-corrected chi connectivity index (χ2v) is 6.89. The molecule has 30 heavy (non-hydrogen) atoms. The predicted octanol–water partition coefficient (Wildman–Crippen LogP) is 5.40. The van der Waals surface area contributed by atoms with Crippen LogP contribution in [-0.4, -0.2) is 11.9 Å². The van der Waals surface area contributed by atoms with E-state index in [1.165, 1.54) is 0 Å². The van der Waals surface area contributed by atoms with Crippen LogP contribution in [0, 0.1) is 0 Å². The van der Waals surface area contributed by atoms with Crippen LogP contribution in [0.2, 0.25) is 0 Å². The van der Waals surface area contributed by atoms with Gasteiger partial charge in [0.05, 0.1) is 5.56 Å². The summed E-state index contributed by atoms with van der Waals surface area (Å²) in [6.45, 7) is 0. The molecular weight excluding hydrogens is 372 g/mol. The highest BCUT2D eigenvalue weighted by molar-refractivity contribution is 6.03. The van der Waals surface area contributed by atoms with Gasteiger partial charge in [-0.1, -0.05) is 109 Å². The van der Waals surface area contributed by atoms with Gasteiger partial charge in [-0.25, -0.2) is 9.59 Å². The molecule has 0 spiro atoms. The summed E-state index contributed by atoms with van der Waals surface area (Å²) in [5.74, 6) is -1.31. The van der Waals surface area contributed by atoms with Crippen molar-refractivity contribution in [3.63, 3.8) is 0 Å². The third-order valence-electron chi connectivity index (χ3n) is 5.12. The molecule has 0 aliphatic rings. The van der Waals surface area contributed by atoms with E-state index in [1.54, 1.807) is 30.3 Å². The highest BCUT2D eigenvalue weighted by Crippen LogP contribution is 2.40. The zero-order chi connectivity index (χ0) is 20.8. The maximum atomic E-state index is 13.8. The van der Waals surface area contributed by atoms with Gasteiger partial charge in [-0.3, -0.25) is 0 Å². The lowest BCUT2D eigenvalue weighted by molar-refractivity contribution is -0.141. The number of ether oxygens (including phenoxy) is 1. The summed E-state index contributed by atoms with van der Waals surface area (Å²) in [7, 11) is 0. The van der Waals surface area contributed by atoms with Crippen molar-refractivity contribution in [1.82, 2.24) is 0 Å². The van der Waals surface area contributed by atoms with E-state index in [-0.39, 0.29) is 0 Å². The van der Waals surface area contributed by atoms with Gasteiger partial charge in [0.25, 0.3) is 0 Å². The largest absolute Gasteiger partial charge is 0.388 e. The van der Waals surface area contributed by atoms with Gasteiger partial charge in [0.2, 0.25) is 0 Å². The van der Waals surface area contributed by atoms with Crippen LogP contribution in [0.5, 0.6) is 0 Å². The predicted molar refractivity (Wildman–Crippen MR) is 116 cm³/mol. The number of carbonyl (C=O) groups excluding carboxylic acids is 2. The Balaban J connectivity index is 1.91. The van der Waals surface area contributed by atoms with E-state index >= 15 is 0 Å². The minimum absolute atomic E-state index is 0.328.